The molecule has 0 fully saturated rings. The Morgan fingerprint density at radius 1 is 1.25 bits per heavy atom. The van der Waals surface area contributed by atoms with Gasteiger partial charge >= 0.3 is 0 Å². The maximum Gasteiger partial charge on any atom is 0.106 e. The molecule has 0 radical (unpaired) electrons. The van der Waals surface area contributed by atoms with E-state index in [0.717, 1.165) is 11.3 Å². The second kappa shape index (κ2) is 4.53. The average molecular weight is 327 g/mol. The first kappa shape index (κ1) is 11.6. The first-order valence-corrected chi connectivity index (χ1v) is 6.34. The maximum absolute atomic E-state index is 4.66. The van der Waals surface area contributed by atoms with Crippen LogP contribution in [-0.4, -0.2) is 14.8 Å². The SMILES string of the molecule is Cc1c(I)c(-c2ccncc2)nn1C(C)C. The first-order chi connectivity index (χ1) is 7.61. The van der Waals surface area contributed by atoms with E-state index in [-0.39, 0.29) is 0 Å². The van der Waals surface area contributed by atoms with Crippen molar-refractivity contribution in [1.29, 1.82) is 0 Å². The fourth-order valence-corrected chi connectivity index (χ4v) is 2.36. The summed E-state index contributed by atoms with van der Waals surface area (Å²) in [4.78, 5) is 4.03. The van der Waals surface area contributed by atoms with Gasteiger partial charge < -0.3 is 0 Å². The zero-order valence-corrected chi connectivity index (χ0v) is 11.8. The van der Waals surface area contributed by atoms with Crippen molar-refractivity contribution in [2.75, 3.05) is 0 Å². The van der Waals surface area contributed by atoms with Crippen molar-refractivity contribution in [3.8, 4) is 11.3 Å². The molecule has 2 aromatic rings. The molecule has 0 amide bonds. The van der Waals surface area contributed by atoms with Crippen LogP contribution in [0.15, 0.2) is 24.5 Å². The van der Waals surface area contributed by atoms with Gasteiger partial charge in [0.05, 0.1) is 3.57 Å². The van der Waals surface area contributed by atoms with Crippen LogP contribution in [0.25, 0.3) is 11.3 Å². The fourth-order valence-electron chi connectivity index (χ4n) is 1.70. The topological polar surface area (TPSA) is 30.7 Å². The van der Waals surface area contributed by atoms with Crippen LogP contribution in [0.4, 0.5) is 0 Å². The highest BCUT2D eigenvalue weighted by atomic mass is 127. The Balaban J connectivity index is 2.55. The van der Waals surface area contributed by atoms with Crippen LogP contribution in [0.5, 0.6) is 0 Å². The van der Waals surface area contributed by atoms with Crippen LogP contribution in [0.2, 0.25) is 0 Å². The smallest absolute Gasteiger partial charge is 0.106 e. The first-order valence-electron chi connectivity index (χ1n) is 5.26. The van der Waals surface area contributed by atoms with Gasteiger partial charge in [-0.25, -0.2) is 0 Å². The summed E-state index contributed by atoms with van der Waals surface area (Å²) in [6, 6.07) is 4.38. The molecule has 0 aromatic carbocycles. The summed E-state index contributed by atoms with van der Waals surface area (Å²) in [5.74, 6) is 0. The third-order valence-corrected chi connectivity index (χ3v) is 3.81. The standard InChI is InChI=1S/C12H14IN3/c1-8(2)16-9(3)11(13)12(15-16)10-4-6-14-7-5-10/h4-8H,1-3H3. The molecular formula is C12H14IN3. The Labute approximate surface area is 109 Å². The molecule has 0 unspecified atom stereocenters. The lowest BCUT2D eigenvalue weighted by molar-refractivity contribution is 0.520. The minimum absolute atomic E-state index is 0.393. The van der Waals surface area contributed by atoms with E-state index in [1.807, 2.05) is 12.1 Å². The summed E-state index contributed by atoms with van der Waals surface area (Å²) >= 11 is 2.36. The highest BCUT2D eigenvalue weighted by molar-refractivity contribution is 14.1. The third kappa shape index (κ3) is 1.98. The number of pyridine rings is 1. The normalized spacial score (nSPS) is 11.1. The Bertz CT molecular complexity index is 488. The van der Waals surface area contributed by atoms with Gasteiger partial charge in [0.25, 0.3) is 0 Å². The van der Waals surface area contributed by atoms with Crippen molar-refractivity contribution in [2.24, 2.45) is 0 Å². The Morgan fingerprint density at radius 2 is 1.88 bits per heavy atom. The quantitative estimate of drug-likeness (QED) is 0.791. The van der Waals surface area contributed by atoms with Crippen LogP contribution in [0.1, 0.15) is 25.6 Å². The molecule has 2 aromatic heterocycles. The molecule has 16 heavy (non-hydrogen) atoms. The molecular weight excluding hydrogens is 313 g/mol. The lowest BCUT2D eigenvalue weighted by Crippen LogP contribution is -2.04. The van der Waals surface area contributed by atoms with Crippen LogP contribution >= 0.6 is 22.6 Å². The lowest BCUT2D eigenvalue weighted by atomic mass is 10.2. The van der Waals surface area contributed by atoms with E-state index in [1.165, 1.54) is 9.26 Å². The van der Waals surface area contributed by atoms with E-state index in [0.29, 0.717) is 6.04 Å². The van der Waals surface area contributed by atoms with Crippen molar-refractivity contribution in [1.82, 2.24) is 14.8 Å². The molecule has 84 valence electrons. The minimum atomic E-state index is 0.393. The molecule has 0 aliphatic rings. The highest BCUT2D eigenvalue weighted by Crippen LogP contribution is 2.27. The minimum Gasteiger partial charge on any atom is -0.266 e. The molecule has 0 saturated heterocycles. The number of hydrogen-bond acceptors (Lipinski definition) is 2. The van der Waals surface area contributed by atoms with Crippen molar-refractivity contribution < 1.29 is 0 Å². The third-order valence-electron chi connectivity index (χ3n) is 2.52. The van der Waals surface area contributed by atoms with Gasteiger partial charge in [-0.05, 0) is 55.5 Å². The molecule has 0 atom stereocenters. The number of nitrogens with zero attached hydrogens (tertiary/aromatic N) is 3. The summed E-state index contributed by atoms with van der Waals surface area (Å²) in [6.07, 6.45) is 3.60. The summed E-state index contributed by atoms with van der Waals surface area (Å²) in [7, 11) is 0. The van der Waals surface area contributed by atoms with Gasteiger partial charge in [0.1, 0.15) is 5.69 Å². The molecule has 0 aliphatic carbocycles. The van der Waals surface area contributed by atoms with Crippen molar-refractivity contribution >= 4 is 22.6 Å². The molecule has 3 nitrogen and oxygen atoms in total. The zero-order valence-electron chi connectivity index (χ0n) is 9.61. The lowest BCUT2D eigenvalue weighted by Gasteiger charge is -2.07. The summed E-state index contributed by atoms with van der Waals surface area (Å²) in [6.45, 7) is 6.40. The van der Waals surface area contributed by atoms with E-state index in [2.05, 4.69) is 58.1 Å². The van der Waals surface area contributed by atoms with Crippen molar-refractivity contribution in [3.63, 3.8) is 0 Å². The summed E-state index contributed by atoms with van der Waals surface area (Å²) in [5, 5.41) is 4.66. The number of hydrogen-bond donors (Lipinski definition) is 0. The van der Waals surface area contributed by atoms with E-state index < -0.39 is 0 Å². The molecule has 4 heteroatoms. The second-order valence-corrected chi connectivity index (χ2v) is 5.10. The van der Waals surface area contributed by atoms with Crippen molar-refractivity contribution in [2.45, 2.75) is 26.8 Å². The predicted molar refractivity (Wildman–Crippen MR) is 73.3 cm³/mol. The van der Waals surface area contributed by atoms with Gasteiger partial charge in [-0.2, -0.15) is 5.10 Å². The molecule has 0 spiro atoms. The van der Waals surface area contributed by atoms with Crippen LogP contribution in [0, 0.1) is 10.5 Å². The van der Waals surface area contributed by atoms with Gasteiger partial charge in [0.15, 0.2) is 0 Å². The molecule has 2 rings (SSSR count). The maximum atomic E-state index is 4.66. The van der Waals surface area contributed by atoms with Crippen molar-refractivity contribution in [3.05, 3.63) is 33.8 Å². The van der Waals surface area contributed by atoms with Gasteiger partial charge in [-0.1, -0.05) is 0 Å². The van der Waals surface area contributed by atoms with E-state index in [9.17, 15) is 0 Å². The molecule has 0 saturated carbocycles. The van der Waals surface area contributed by atoms with Gasteiger partial charge in [-0.3, -0.25) is 9.67 Å². The van der Waals surface area contributed by atoms with Gasteiger partial charge in [-0.15, -0.1) is 0 Å². The number of aromatic nitrogens is 3. The molecule has 0 aliphatic heterocycles. The zero-order chi connectivity index (χ0) is 11.7. The van der Waals surface area contributed by atoms with Crippen LogP contribution in [0.3, 0.4) is 0 Å². The van der Waals surface area contributed by atoms with Crippen LogP contribution in [-0.2, 0) is 0 Å². The van der Waals surface area contributed by atoms with Gasteiger partial charge in [0.2, 0.25) is 0 Å². The van der Waals surface area contributed by atoms with E-state index in [4.69, 9.17) is 0 Å². The fraction of sp³-hybridized carbons (Fsp3) is 0.333. The average Bonchev–Trinajstić information content (AvgIpc) is 2.58. The Hall–Kier alpha value is -0.910. The van der Waals surface area contributed by atoms with E-state index in [1.54, 1.807) is 12.4 Å². The Morgan fingerprint density at radius 3 is 2.38 bits per heavy atom. The predicted octanol–water partition coefficient (Wildman–Crippen LogP) is 3.44. The highest BCUT2D eigenvalue weighted by Gasteiger charge is 2.15. The van der Waals surface area contributed by atoms with E-state index >= 15 is 0 Å². The molecule has 0 N–H and O–H groups in total. The number of halogens is 1. The second-order valence-electron chi connectivity index (χ2n) is 4.02. The largest absolute Gasteiger partial charge is 0.266 e. The Kier molecular flexibility index (Phi) is 3.28. The molecule has 2 heterocycles. The summed E-state index contributed by atoms with van der Waals surface area (Å²) in [5.41, 5.74) is 3.40. The monoisotopic (exact) mass is 327 g/mol. The van der Waals surface area contributed by atoms with Crippen LogP contribution < -0.4 is 0 Å². The number of rotatable bonds is 2. The summed E-state index contributed by atoms with van der Waals surface area (Å²) < 4.78 is 3.29. The van der Waals surface area contributed by atoms with Gasteiger partial charge in [0, 0.05) is 29.7 Å². The molecule has 0 bridgehead atoms.